The smallest absolute Gasteiger partial charge is 0.257 e. The zero-order valence-electron chi connectivity index (χ0n) is 19.2. The van der Waals surface area contributed by atoms with E-state index in [0.717, 1.165) is 21.7 Å². The van der Waals surface area contributed by atoms with Crippen molar-refractivity contribution < 1.29 is 17.9 Å². The monoisotopic (exact) mass is 505 g/mol. The van der Waals surface area contributed by atoms with Crippen LogP contribution in [-0.4, -0.2) is 48.9 Å². The molecular formula is C26H23N3O4S2. The van der Waals surface area contributed by atoms with Gasteiger partial charge in [0.1, 0.15) is 0 Å². The lowest BCUT2D eigenvalue weighted by Crippen LogP contribution is -2.48. The minimum absolute atomic E-state index is 0.160. The van der Waals surface area contributed by atoms with E-state index in [9.17, 15) is 13.2 Å². The maximum absolute atomic E-state index is 13.1. The van der Waals surface area contributed by atoms with Crippen molar-refractivity contribution in [3.63, 3.8) is 0 Å². The molecule has 2 atom stereocenters. The van der Waals surface area contributed by atoms with Crippen LogP contribution in [0, 0.1) is 0 Å². The first-order chi connectivity index (χ1) is 16.8. The molecule has 2 heterocycles. The second-order valence-electron chi connectivity index (χ2n) is 8.96. The van der Waals surface area contributed by atoms with E-state index in [0.29, 0.717) is 23.8 Å². The van der Waals surface area contributed by atoms with Crippen molar-refractivity contribution in [3.05, 3.63) is 66.2 Å². The minimum atomic E-state index is -3.66. The van der Waals surface area contributed by atoms with Gasteiger partial charge in [0.25, 0.3) is 5.91 Å². The molecule has 0 spiro atoms. The standard InChI is InChI=1S/C26H23N3O4S2/c1-15-13-29(14-16(2)33-15)35(31,32)19-11-9-18(10-12-19)25(30)28-26-27-23-20-7-3-5-17-6-4-8-21(22(17)20)24(23)34-26/h3-12,15-16H,13-14H2,1-2H3,(H,27,28,30). The molecule has 1 aliphatic heterocycles. The van der Waals surface area contributed by atoms with Gasteiger partial charge in [-0.15, -0.1) is 0 Å². The highest BCUT2D eigenvalue weighted by Gasteiger charge is 2.32. The second kappa shape index (κ2) is 8.23. The fourth-order valence-corrected chi connectivity index (χ4v) is 7.49. The molecule has 0 radical (unpaired) electrons. The predicted molar refractivity (Wildman–Crippen MR) is 137 cm³/mol. The molecule has 1 N–H and O–H groups in total. The summed E-state index contributed by atoms with van der Waals surface area (Å²) in [5.41, 5.74) is 3.46. The van der Waals surface area contributed by atoms with Crippen LogP contribution in [0.2, 0.25) is 0 Å². The van der Waals surface area contributed by atoms with Crippen LogP contribution in [0.25, 0.3) is 32.5 Å². The Bertz CT molecular complexity index is 1510. The Labute approximate surface area is 207 Å². The third-order valence-corrected chi connectivity index (χ3v) is 9.24. The average molecular weight is 506 g/mol. The Morgan fingerprint density at radius 1 is 1.00 bits per heavy atom. The third kappa shape index (κ3) is 3.75. The number of benzene rings is 3. The van der Waals surface area contributed by atoms with Crippen LogP contribution in [0.4, 0.5) is 5.13 Å². The molecule has 6 rings (SSSR count). The number of sulfonamides is 1. The molecule has 7 nitrogen and oxygen atoms in total. The van der Waals surface area contributed by atoms with Crippen LogP contribution in [0.5, 0.6) is 0 Å². The summed E-state index contributed by atoms with van der Waals surface area (Å²) in [5, 5.41) is 5.76. The normalized spacial score (nSPS) is 19.6. The van der Waals surface area contributed by atoms with Gasteiger partial charge in [-0.3, -0.25) is 10.1 Å². The summed E-state index contributed by atoms with van der Waals surface area (Å²) in [7, 11) is -3.66. The second-order valence-corrected chi connectivity index (χ2v) is 11.9. The highest BCUT2D eigenvalue weighted by molar-refractivity contribution is 7.89. The van der Waals surface area contributed by atoms with E-state index in [1.54, 1.807) is 0 Å². The summed E-state index contributed by atoms with van der Waals surface area (Å²) < 4.78 is 33.2. The molecule has 3 aromatic carbocycles. The Hall–Kier alpha value is -3.11. The molecule has 1 fully saturated rings. The third-order valence-electron chi connectivity index (χ3n) is 6.39. The van der Waals surface area contributed by atoms with Crippen molar-refractivity contribution in [1.82, 2.24) is 9.29 Å². The van der Waals surface area contributed by atoms with Crippen LogP contribution in [0.3, 0.4) is 0 Å². The first-order valence-electron chi connectivity index (χ1n) is 11.4. The first-order valence-corrected chi connectivity index (χ1v) is 13.7. The Balaban J connectivity index is 1.22. The predicted octanol–water partition coefficient (Wildman–Crippen LogP) is 4.99. The number of ether oxygens (including phenoxy) is 1. The lowest BCUT2D eigenvalue weighted by molar-refractivity contribution is -0.0440. The molecule has 9 heteroatoms. The number of aromatic nitrogens is 1. The van der Waals surface area contributed by atoms with Crippen molar-refractivity contribution in [2.24, 2.45) is 0 Å². The first kappa shape index (κ1) is 22.4. The summed E-state index contributed by atoms with van der Waals surface area (Å²) in [6.07, 6.45) is -0.338. The largest absolute Gasteiger partial charge is 0.373 e. The van der Waals surface area contributed by atoms with Gasteiger partial charge in [-0.1, -0.05) is 47.7 Å². The molecule has 1 amide bonds. The summed E-state index contributed by atoms with van der Waals surface area (Å²) in [5.74, 6) is -0.332. The quantitative estimate of drug-likeness (QED) is 0.372. The lowest BCUT2D eigenvalue weighted by Gasteiger charge is -2.34. The maximum atomic E-state index is 13.1. The topological polar surface area (TPSA) is 88.6 Å². The molecule has 1 saturated heterocycles. The number of amides is 1. The number of carbonyl (C=O) groups is 1. The molecule has 1 aliphatic carbocycles. The van der Waals surface area contributed by atoms with Crippen LogP contribution >= 0.6 is 11.3 Å². The van der Waals surface area contributed by atoms with E-state index in [2.05, 4.69) is 29.6 Å². The maximum Gasteiger partial charge on any atom is 0.257 e. The summed E-state index contributed by atoms with van der Waals surface area (Å²) in [6, 6.07) is 18.4. The highest BCUT2D eigenvalue weighted by Crippen LogP contribution is 2.50. The molecule has 4 aromatic rings. The molecule has 1 aromatic heterocycles. The van der Waals surface area contributed by atoms with Gasteiger partial charge in [-0.2, -0.15) is 4.31 Å². The van der Waals surface area contributed by atoms with Crippen molar-refractivity contribution in [2.75, 3.05) is 18.4 Å². The number of nitrogens with zero attached hydrogens (tertiary/aromatic N) is 2. The van der Waals surface area contributed by atoms with E-state index < -0.39 is 10.0 Å². The van der Waals surface area contributed by atoms with Crippen molar-refractivity contribution in [1.29, 1.82) is 0 Å². The fourth-order valence-electron chi connectivity index (χ4n) is 4.89. The van der Waals surface area contributed by atoms with E-state index >= 15 is 0 Å². The minimum Gasteiger partial charge on any atom is -0.373 e. The van der Waals surface area contributed by atoms with Gasteiger partial charge in [0.2, 0.25) is 10.0 Å². The fraction of sp³-hybridized carbons (Fsp3) is 0.231. The molecule has 35 heavy (non-hydrogen) atoms. The van der Waals surface area contributed by atoms with Crippen molar-refractivity contribution >= 4 is 43.2 Å². The van der Waals surface area contributed by atoms with Gasteiger partial charge in [-0.25, -0.2) is 13.4 Å². The van der Waals surface area contributed by atoms with E-state index in [4.69, 9.17) is 9.72 Å². The number of rotatable bonds is 4. The number of thiazole rings is 1. The van der Waals surface area contributed by atoms with Crippen LogP contribution in [0.15, 0.2) is 65.6 Å². The molecule has 2 aliphatic rings. The Kier molecular flexibility index (Phi) is 5.26. The Morgan fingerprint density at radius 3 is 2.34 bits per heavy atom. The summed E-state index contributed by atoms with van der Waals surface area (Å²) >= 11 is 1.44. The summed E-state index contributed by atoms with van der Waals surface area (Å²) in [4.78, 5) is 18.8. The van der Waals surface area contributed by atoms with Crippen LogP contribution in [-0.2, 0) is 14.8 Å². The highest BCUT2D eigenvalue weighted by atomic mass is 32.2. The van der Waals surface area contributed by atoms with Crippen LogP contribution < -0.4 is 5.32 Å². The van der Waals surface area contributed by atoms with Crippen LogP contribution in [0.1, 0.15) is 24.2 Å². The number of carbonyl (C=O) groups excluding carboxylic acids is 1. The van der Waals surface area contributed by atoms with E-state index in [-0.39, 0.29) is 23.0 Å². The number of hydrogen-bond acceptors (Lipinski definition) is 6. The molecule has 178 valence electrons. The van der Waals surface area contributed by atoms with Gasteiger partial charge in [0.15, 0.2) is 5.13 Å². The zero-order valence-corrected chi connectivity index (χ0v) is 20.8. The molecular weight excluding hydrogens is 482 g/mol. The van der Waals surface area contributed by atoms with Gasteiger partial charge in [-0.05, 0) is 48.9 Å². The lowest BCUT2D eigenvalue weighted by atomic mass is 10.0. The van der Waals surface area contributed by atoms with Gasteiger partial charge in [0.05, 0.1) is 27.7 Å². The van der Waals surface area contributed by atoms with E-state index in [1.165, 1.54) is 50.7 Å². The number of hydrogen-bond donors (Lipinski definition) is 1. The Morgan fingerprint density at radius 2 is 1.66 bits per heavy atom. The van der Waals surface area contributed by atoms with Gasteiger partial charge >= 0.3 is 0 Å². The SMILES string of the molecule is CC1CN(S(=O)(=O)c2ccc(C(=O)Nc3nc4c(s3)-c3cccc5cccc-4c35)cc2)CC(C)O1. The number of fused-ring (bicyclic) bond motifs is 3. The van der Waals surface area contributed by atoms with Crippen molar-refractivity contribution in [2.45, 2.75) is 31.0 Å². The van der Waals surface area contributed by atoms with Gasteiger partial charge in [0, 0.05) is 29.8 Å². The van der Waals surface area contributed by atoms with E-state index in [1.807, 2.05) is 26.0 Å². The molecule has 2 unspecified atom stereocenters. The van der Waals surface area contributed by atoms with Crippen molar-refractivity contribution in [3.8, 4) is 21.7 Å². The number of morpholine rings is 1. The average Bonchev–Trinajstić information content (AvgIpc) is 3.38. The van der Waals surface area contributed by atoms with Gasteiger partial charge < -0.3 is 4.74 Å². The number of nitrogens with one attached hydrogen (secondary N) is 1. The molecule has 0 bridgehead atoms. The zero-order chi connectivity index (χ0) is 24.3. The number of anilines is 1. The summed E-state index contributed by atoms with van der Waals surface area (Å²) in [6.45, 7) is 4.33. The molecule has 0 saturated carbocycles.